The molecule has 1 aromatic rings. The summed E-state index contributed by atoms with van der Waals surface area (Å²) in [5, 5.41) is 0. The molecule has 0 unspecified atom stereocenters. The molecule has 3 heteroatoms. The minimum absolute atomic E-state index is 0.400. The Morgan fingerprint density at radius 3 is 2.36 bits per heavy atom. The molecule has 1 heterocycles. The van der Waals surface area contributed by atoms with Crippen LogP contribution < -0.4 is 4.90 Å². The van der Waals surface area contributed by atoms with E-state index in [0.717, 1.165) is 38.1 Å². The number of aldehydes is 1. The van der Waals surface area contributed by atoms with Gasteiger partial charge in [0.1, 0.15) is 0 Å². The van der Waals surface area contributed by atoms with Gasteiger partial charge in [0.05, 0.1) is 0 Å². The molecule has 0 bridgehead atoms. The highest BCUT2D eigenvalue weighted by Crippen LogP contribution is 2.17. The van der Waals surface area contributed by atoms with E-state index in [1.807, 2.05) is 6.07 Å². The van der Waals surface area contributed by atoms with Gasteiger partial charge in [-0.3, -0.25) is 4.79 Å². The van der Waals surface area contributed by atoms with Crippen molar-refractivity contribution in [2.75, 3.05) is 18.0 Å². The lowest BCUT2D eigenvalue weighted by molar-refractivity contribution is 0.110. The number of carbonyl (C=O) groups is 1. The summed E-state index contributed by atoms with van der Waals surface area (Å²) < 4.78 is 5.36. The lowest BCUT2D eigenvalue weighted by Gasteiger charge is -2.19. The minimum atomic E-state index is 0.400. The second-order valence-corrected chi connectivity index (χ2v) is 3.28. The standard InChI is InChI=1S/C11H17NO2/c1-3-7-12(8-4-2)11-6-5-10(9-13)14-11/h5-6,9H,3-4,7-8H2,1-2H3. The molecule has 0 spiro atoms. The van der Waals surface area contributed by atoms with Gasteiger partial charge in [0, 0.05) is 19.2 Å². The van der Waals surface area contributed by atoms with E-state index in [0.29, 0.717) is 5.76 Å². The van der Waals surface area contributed by atoms with Gasteiger partial charge in [-0.15, -0.1) is 0 Å². The Labute approximate surface area is 84.7 Å². The minimum Gasteiger partial charge on any atom is -0.438 e. The molecule has 0 atom stereocenters. The van der Waals surface area contributed by atoms with Crippen LogP contribution in [0, 0.1) is 0 Å². The van der Waals surface area contributed by atoms with E-state index in [1.165, 1.54) is 0 Å². The Kier molecular flexibility index (Phi) is 4.23. The third kappa shape index (κ3) is 2.62. The van der Waals surface area contributed by atoms with E-state index < -0.39 is 0 Å². The molecule has 0 amide bonds. The summed E-state index contributed by atoms with van der Waals surface area (Å²) in [6, 6.07) is 3.57. The summed E-state index contributed by atoms with van der Waals surface area (Å²) in [5.41, 5.74) is 0. The van der Waals surface area contributed by atoms with Gasteiger partial charge in [0.2, 0.25) is 0 Å². The van der Waals surface area contributed by atoms with Crippen molar-refractivity contribution in [3.8, 4) is 0 Å². The fraction of sp³-hybridized carbons (Fsp3) is 0.545. The van der Waals surface area contributed by atoms with Crippen LogP contribution in [0.4, 0.5) is 5.88 Å². The van der Waals surface area contributed by atoms with Crippen molar-refractivity contribution in [2.24, 2.45) is 0 Å². The molecule has 0 saturated heterocycles. The predicted molar refractivity (Wildman–Crippen MR) is 56.9 cm³/mol. The van der Waals surface area contributed by atoms with Gasteiger partial charge >= 0.3 is 0 Å². The zero-order valence-corrected chi connectivity index (χ0v) is 8.82. The smallest absolute Gasteiger partial charge is 0.196 e. The molecule has 0 fully saturated rings. The third-order valence-electron chi connectivity index (χ3n) is 2.03. The van der Waals surface area contributed by atoms with Crippen LogP contribution in [0.3, 0.4) is 0 Å². The number of anilines is 1. The van der Waals surface area contributed by atoms with Crippen molar-refractivity contribution in [3.05, 3.63) is 17.9 Å². The first-order chi connectivity index (χ1) is 6.81. The fourth-order valence-corrected chi connectivity index (χ4v) is 1.45. The summed E-state index contributed by atoms with van der Waals surface area (Å²) >= 11 is 0. The van der Waals surface area contributed by atoms with Gasteiger partial charge in [0.25, 0.3) is 0 Å². The van der Waals surface area contributed by atoms with Crippen molar-refractivity contribution >= 4 is 12.2 Å². The van der Waals surface area contributed by atoms with Gasteiger partial charge in [-0.2, -0.15) is 0 Å². The molecule has 0 aliphatic rings. The van der Waals surface area contributed by atoms with E-state index in [1.54, 1.807) is 6.07 Å². The van der Waals surface area contributed by atoms with E-state index in [4.69, 9.17) is 4.42 Å². The predicted octanol–water partition coefficient (Wildman–Crippen LogP) is 2.72. The second-order valence-electron chi connectivity index (χ2n) is 3.28. The average Bonchev–Trinajstić information content (AvgIpc) is 2.65. The van der Waals surface area contributed by atoms with Crippen LogP contribution in [0.2, 0.25) is 0 Å². The Bertz CT molecular complexity index is 275. The third-order valence-corrected chi connectivity index (χ3v) is 2.03. The number of hydrogen-bond acceptors (Lipinski definition) is 3. The van der Waals surface area contributed by atoms with Crippen molar-refractivity contribution < 1.29 is 9.21 Å². The Morgan fingerprint density at radius 1 is 1.29 bits per heavy atom. The van der Waals surface area contributed by atoms with Gasteiger partial charge in [-0.05, 0) is 18.9 Å². The van der Waals surface area contributed by atoms with Gasteiger partial charge in [-0.25, -0.2) is 0 Å². The lowest BCUT2D eigenvalue weighted by atomic mass is 10.3. The molecule has 3 nitrogen and oxygen atoms in total. The van der Waals surface area contributed by atoms with Crippen LogP contribution in [0.15, 0.2) is 16.5 Å². The quantitative estimate of drug-likeness (QED) is 0.654. The highest BCUT2D eigenvalue weighted by atomic mass is 16.4. The van der Waals surface area contributed by atoms with Crippen molar-refractivity contribution in [1.29, 1.82) is 0 Å². The molecule has 78 valence electrons. The molecule has 0 aliphatic heterocycles. The van der Waals surface area contributed by atoms with Gasteiger partial charge in [-0.1, -0.05) is 13.8 Å². The highest BCUT2D eigenvalue weighted by molar-refractivity contribution is 5.71. The number of nitrogens with zero attached hydrogens (tertiary/aromatic N) is 1. The monoisotopic (exact) mass is 195 g/mol. The van der Waals surface area contributed by atoms with Crippen LogP contribution in [0.1, 0.15) is 37.2 Å². The van der Waals surface area contributed by atoms with Crippen LogP contribution in [-0.2, 0) is 0 Å². The number of carbonyl (C=O) groups excluding carboxylic acids is 1. The van der Waals surface area contributed by atoms with Crippen LogP contribution in [-0.4, -0.2) is 19.4 Å². The summed E-state index contributed by atoms with van der Waals surface area (Å²) in [6.07, 6.45) is 2.90. The summed E-state index contributed by atoms with van der Waals surface area (Å²) in [5.74, 6) is 1.20. The molecule has 14 heavy (non-hydrogen) atoms. The van der Waals surface area contributed by atoms with Gasteiger partial charge in [0.15, 0.2) is 17.9 Å². The van der Waals surface area contributed by atoms with E-state index in [-0.39, 0.29) is 0 Å². The maximum absolute atomic E-state index is 10.4. The molecule has 0 saturated carbocycles. The van der Waals surface area contributed by atoms with Crippen LogP contribution in [0.25, 0.3) is 0 Å². The molecule has 0 aromatic carbocycles. The van der Waals surface area contributed by atoms with Crippen LogP contribution >= 0.6 is 0 Å². The maximum atomic E-state index is 10.4. The van der Waals surface area contributed by atoms with Crippen LogP contribution in [0.5, 0.6) is 0 Å². The lowest BCUT2D eigenvalue weighted by Crippen LogP contribution is -2.24. The second kappa shape index (κ2) is 5.47. The normalized spacial score (nSPS) is 10.1. The Morgan fingerprint density at radius 2 is 1.93 bits per heavy atom. The summed E-state index contributed by atoms with van der Waals surface area (Å²) in [4.78, 5) is 12.6. The zero-order valence-electron chi connectivity index (χ0n) is 8.82. The first-order valence-corrected chi connectivity index (χ1v) is 5.11. The van der Waals surface area contributed by atoms with E-state index in [9.17, 15) is 4.79 Å². The van der Waals surface area contributed by atoms with Crippen molar-refractivity contribution in [3.63, 3.8) is 0 Å². The fourth-order valence-electron chi connectivity index (χ4n) is 1.45. The van der Waals surface area contributed by atoms with Gasteiger partial charge < -0.3 is 9.32 Å². The van der Waals surface area contributed by atoms with E-state index in [2.05, 4.69) is 18.7 Å². The molecule has 0 N–H and O–H groups in total. The SMILES string of the molecule is CCCN(CCC)c1ccc(C=O)o1. The molecule has 0 aliphatic carbocycles. The number of rotatable bonds is 6. The molecule has 1 rings (SSSR count). The van der Waals surface area contributed by atoms with Crippen molar-refractivity contribution in [1.82, 2.24) is 0 Å². The summed E-state index contributed by atoms with van der Waals surface area (Å²) in [7, 11) is 0. The topological polar surface area (TPSA) is 33.5 Å². The van der Waals surface area contributed by atoms with Crippen molar-refractivity contribution in [2.45, 2.75) is 26.7 Å². The molecular formula is C11H17NO2. The molecule has 0 radical (unpaired) electrons. The molecule has 1 aromatic heterocycles. The number of furan rings is 1. The Hall–Kier alpha value is -1.25. The zero-order chi connectivity index (χ0) is 10.4. The maximum Gasteiger partial charge on any atom is 0.196 e. The average molecular weight is 195 g/mol. The number of hydrogen-bond donors (Lipinski definition) is 0. The summed E-state index contributed by atoms with van der Waals surface area (Å²) in [6.45, 7) is 6.21. The highest BCUT2D eigenvalue weighted by Gasteiger charge is 2.08. The van der Waals surface area contributed by atoms with E-state index >= 15 is 0 Å². The first-order valence-electron chi connectivity index (χ1n) is 5.11. The first kappa shape index (κ1) is 10.8. The molecular weight excluding hydrogens is 178 g/mol. The largest absolute Gasteiger partial charge is 0.438 e. The Balaban J connectivity index is 2.70.